The second-order valence-electron chi connectivity index (χ2n) is 6.09. The Kier molecular flexibility index (Phi) is 5.79. The van der Waals surface area contributed by atoms with Crippen molar-refractivity contribution in [3.05, 3.63) is 70.9 Å². The zero-order valence-electron chi connectivity index (χ0n) is 16.0. The van der Waals surface area contributed by atoms with Gasteiger partial charge in [-0.2, -0.15) is 9.65 Å². The van der Waals surface area contributed by atoms with Gasteiger partial charge >= 0.3 is 0 Å². The number of carbonyl (C=O) groups excluding carboxylic acids is 2. The van der Waals surface area contributed by atoms with Crippen LogP contribution in [0.5, 0.6) is 17.4 Å². The molecule has 0 aliphatic rings. The van der Waals surface area contributed by atoms with Crippen LogP contribution in [-0.2, 0) is 0 Å². The van der Waals surface area contributed by atoms with Crippen LogP contribution in [0.15, 0.2) is 42.5 Å². The molecule has 0 aliphatic carbocycles. The zero-order chi connectivity index (χ0) is 22.7. The SMILES string of the molecule is COc1c(Oc2nc(C(N)=O)c(C#N)c(-c3ccccc3)c2C(N)=O)ccc(F)c1F. The topological polar surface area (TPSA) is 141 Å². The molecule has 4 N–H and O–H groups in total. The molecule has 0 bridgehead atoms. The number of methoxy groups -OCH3 is 1. The van der Waals surface area contributed by atoms with E-state index in [0.717, 1.165) is 19.2 Å². The Labute approximate surface area is 174 Å². The number of carbonyl (C=O) groups is 2. The molecule has 0 aliphatic heterocycles. The van der Waals surface area contributed by atoms with Crippen LogP contribution in [0.4, 0.5) is 8.78 Å². The summed E-state index contributed by atoms with van der Waals surface area (Å²) < 4.78 is 38.0. The normalized spacial score (nSPS) is 10.3. The molecule has 0 saturated carbocycles. The van der Waals surface area contributed by atoms with Crippen LogP contribution in [0.3, 0.4) is 0 Å². The van der Waals surface area contributed by atoms with E-state index in [-0.39, 0.29) is 22.4 Å². The monoisotopic (exact) mass is 424 g/mol. The molecule has 3 rings (SSSR count). The lowest BCUT2D eigenvalue weighted by Gasteiger charge is -2.17. The molecule has 0 spiro atoms. The Morgan fingerprint density at radius 3 is 2.29 bits per heavy atom. The van der Waals surface area contributed by atoms with Gasteiger partial charge in [0.1, 0.15) is 17.3 Å². The minimum atomic E-state index is -1.34. The van der Waals surface area contributed by atoms with Gasteiger partial charge in [-0.15, -0.1) is 0 Å². The van der Waals surface area contributed by atoms with Crippen LogP contribution in [0.25, 0.3) is 11.1 Å². The summed E-state index contributed by atoms with van der Waals surface area (Å²) in [5.41, 5.74) is 10.0. The Bertz CT molecular complexity index is 1240. The molecule has 2 amide bonds. The first kappa shape index (κ1) is 21.2. The Hall–Kier alpha value is -4.52. The van der Waals surface area contributed by atoms with Gasteiger partial charge in [0.05, 0.1) is 12.7 Å². The van der Waals surface area contributed by atoms with Gasteiger partial charge in [0.15, 0.2) is 11.6 Å². The fraction of sp³-hybridized carbons (Fsp3) is 0.0476. The van der Waals surface area contributed by atoms with Gasteiger partial charge in [0.25, 0.3) is 11.8 Å². The average Bonchev–Trinajstić information content (AvgIpc) is 2.75. The van der Waals surface area contributed by atoms with Crippen molar-refractivity contribution in [2.24, 2.45) is 11.5 Å². The second kappa shape index (κ2) is 8.46. The zero-order valence-corrected chi connectivity index (χ0v) is 16.0. The number of hydrogen-bond acceptors (Lipinski definition) is 6. The van der Waals surface area contributed by atoms with Crippen LogP contribution in [-0.4, -0.2) is 23.9 Å². The van der Waals surface area contributed by atoms with E-state index in [1.165, 1.54) is 0 Å². The first-order valence-electron chi connectivity index (χ1n) is 8.63. The number of rotatable bonds is 6. The van der Waals surface area contributed by atoms with Crippen molar-refractivity contribution < 1.29 is 27.8 Å². The van der Waals surface area contributed by atoms with Crippen LogP contribution < -0.4 is 20.9 Å². The number of pyridine rings is 1. The Morgan fingerprint density at radius 2 is 1.74 bits per heavy atom. The number of nitrogens with two attached hydrogens (primary N) is 2. The number of nitrogens with zero attached hydrogens (tertiary/aromatic N) is 2. The van der Waals surface area contributed by atoms with E-state index in [1.807, 2.05) is 6.07 Å². The van der Waals surface area contributed by atoms with Crippen LogP contribution in [0.2, 0.25) is 0 Å². The van der Waals surface area contributed by atoms with Gasteiger partial charge in [-0.1, -0.05) is 30.3 Å². The van der Waals surface area contributed by atoms with Gasteiger partial charge in [-0.3, -0.25) is 9.59 Å². The number of ether oxygens (including phenoxy) is 2. The maximum absolute atomic E-state index is 14.1. The largest absolute Gasteiger partial charge is 0.490 e. The smallest absolute Gasteiger partial charge is 0.268 e. The van der Waals surface area contributed by atoms with E-state index in [4.69, 9.17) is 20.9 Å². The van der Waals surface area contributed by atoms with Gasteiger partial charge in [-0.25, -0.2) is 9.37 Å². The van der Waals surface area contributed by atoms with E-state index in [1.54, 1.807) is 30.3 Å². The van der Waals surface area contributed by atoms with E-state index in [2.05, 4.69) is 4.98 Å². The van der Waals surface area contributed by atoms with Crippen LogP contribution in [0, 0.1) is 23.0 Å². The minimum Gasteiger partial charge on any atom is -0.490 e. The van der Waals surface area contributed by atoms with E-state index in [0.29, 0.717) is 5.56 Å². The molecule has 0 atom stereocenters. The molecule has 3 aromatic rings. The quantitative estimate of drug-likeness (QED) is 0.623. The highest BCUT2D eigenvalue weighted by atomic mass is 19.2. The summed E-state index contributed by atoms with van der Waals surface area (Å²) in [6.07, 6.45) is 0. The highest BCUT2D eigenvalue weighted by Crippen LogP contribution is 2.39. The minimum absolute atomic E-state index is 0.0454. The van der Waals surface area contributed by atoms with Crippen molar-refractivity contribution in [1.82, 2.24) is 4.98 Å². The molecule has 10 heteroatoms. The van der Waals surface area contributed by atoms with Crippen molar-refractivity contribution in [2.75, 3.05) is 7.11 Å². The predicted octanol–water partition coefficient (Wildman–Crippen LogP) is 2.90. The summed E-state index contributed by atoms with van der Waals surface area (Å²) in [7, 11) is 1.08. The Morgan fingerprint density at radius 1 is 1.06 bits per heavy atom. The fourth-order valence-corrected chi connectivity index (χ4v) is 2.94. The molecule has 31 heavy (non-hydrogen) atoms. The van der Waals surface area contributed by atoms with Crippen LogP contribution >= 0.6 is 0 Å². The molecule has 1 aromatic heterocycles. The third-order valence-electron chi connectivity index (χ3n) is 4.24. The number of amides is 2. The third-order valence-corrected chi connectivity index (χ3v) is 4.24. The molecule has 2 aromatic carbocycles. The molecule has 0 saturated heterocycles. The summed E-state index contributed by atoms with van der Waals surface area (Å²) in [5, 5.41) is 9.64. The van der Waals surface area contributed by atoms with E-state index in [9.17, 15) is 23.6 Å². The molecule has 1 heterocycles. The van der Waals surface area contributed by atoms with Gasteiger partial charge in [0.2, 0.25) is 17.4 Å². The lowest BCUT2D eigenvalue weighted by Crippen LogP contribution is -2.21. The van der Waals surface area contributed by atoms with Gasteiger partial charge in [-0.05, 0) is 17.7 Å². The molecule has 0 radical (unpaired) electrons. The standard InChI is InChI=1S/C21H14F2N4O4/c1-30-18-13(8-7-12(22)16(18)23)31-21-15(19(25)28)14(10-5-3-2-4-6-10)11(9-24)17(27-21)20(26)29/h2-8H,1H3,(H2,25,28)(H2,26,29). The average molecular weight is 424 g/mol. The lowest BCUT2D eigenvalue weighted by molar-refractivity contribution is 0.0981. The second-order valence-corrected chi connectivity index (χ2v) is 6.09. The van der Waals surface area contributed by atoms with Crippen molar-refractivity contribution >= 4 is 11.8 Å². The molecule has 156 valence electrons. The Balaban J connectivity index is 2.38. The molecule has 8 nitrogen and oxygen atoms in total. The summed E-state index contributed by atoms with van der Waals surface area (Å²) in [6, 6.07) is 11.7. The van der Waals surface area contributed by atoms with Crippen molar-refractivity contribution in [2.45, 2.75) is 0 Å². The van der Waals surface area contributed by atoms with Crippen LogP contribution in [0.1, 0.15) is 26.4 Å². The predicted molar refractivity (Wildman–Crippen MR) is 104 cm³/mol. The molecular weight excluding hydrogens is 410 g/mol. The number of halogens is 2. The van der Waals surface area contributed by atoms with Crippen molar-refractivity contribution in [3.8, 4) is 34.6 Å². The number of hydrogen-bond donors (Lipinski definition) is 2. The van der Waals surface area contributed by atoms with Crippen molar-refractivity contribution in [1.29, 1.82) is 5.26 Å². The molecule has 0 fully saturated rings. The summed E-state index contributed by atoms with van der Waals surface area (Å²) in [4.78, 5) is 28.2. The maximum Gasteiger partial charge on any atom is 0.268 e. The summed E-state index contributed by atoms with van der Waals surface area (Å²) in [5.74, 6) is -6.16. The van der Waals surface area contributed by atoms with Gasteiger partial charge in [0, 0.05) is 5.56 Å². The van der Waals surface area contributed by atoms with E-state index < -0.39 is 40.8 Å². The first-order chi connectivity index (χ1) is 14.8. The first-order valence-corrected chi connectivity index (χ1v) is 8.63. The summed E-state index contributed by atoms with van der Waals surface area (Å²) in [6.45, 7) is 0. The number of benzene rings is 2. The molecular formula is C21H14F2N4O4. The van der Waals surface area contributed by atoms with Crippen molar-refractivity contribution in [3.63, 3.8) is 0 Å². The summed E-state index contributed by atoms with van der Waals surface area (Å²) >= 11 is 0. The van der Waals surface area contributed by atoms with Gasteiger partial charge < -0.3 is 20.9 Å². The lowest BCUT2D eigenvalue weighted by atomic mass is 9.94. The number of aromatic nitrogens is 1. The highest BCUT2D eigenvalue weighted by Gasteiger charge is 2.29. The fourth-order valence-electron chi connectivity index (χ4n) is 2.94. The maximum atomic E-state index is 14.1. The highest BCUT2D eigenvalue weighted by molar-refractivity contribution is 6.06. The third kappa shape index (κ3) is 3.84. The van der Waals surface area contributed by atoms with E-state index >= 15 is 0 Å². The number of primary amides is 2. The number of nitriles is 1. The molecule has 0 unspecified atom stereocenters.